The first kappa shape index (κ1) is 15.1. The molecule has 1 amide bonds. The van der Waals surface area contributed by atoms with Crippen molar-refractivity contribution in [3.8, 4) is 0 Å². The van der Waals surface area contributed by atoms with Crippen molar-refractivity contribution in [2.75, 3.05) is 33.4 Å². The van der Waals surface area contributed by atoms with Gasteiger partial charge in [0.15, 0.2) is 5.96 Å². The SMILES string of the molecule is CN=C(NCCC1CCOCC1)NC1CCC(=O)NC1. The van der Waals surface area contributed by atoms with E-state index >= 15 is 0 Å². The summed E-state index contributed by atoms with van der Waals surface area (Å²) in [7, 11) is 1.78. The summed E-state index contributed by atoms with van der Waals surface area (Å²) in [5.41, 5.74) is 0. The Hall–Kier alpha value is -1.30. The van der Waals surface area contributed by atoms with Gasteiger partial charge in [-0.3, -0.25) is 9.79 Å². The zero-order valence-corrected chi connectivity index (χ0v) is 12.3. The molecule has 1 unspecified atom stereocenters. The summed E-state index contributed by atoms with van der Waals surface area (Å²) in [6.45, 7) is 3.42. The number of carbonyl (C=O) groups is 1. The number of hydrogen-bond donors (Lipinski definition) is 3. The molecule has 2 aliphatic heterocycles. The molecule has 114 valence electrons. The van der Waals surface area contributed by atoms with Crippen molar-refractivity contribution in [3.05, 3.63) is 0 Å². The molecule has 0 radical (unpaired) electrons. The van der Waals surface area contributed by atoms with Gasteiger partial charge in [-0.2, -0.15) is 0 Å². The molecule has 6 heteroatoms. The summed E-state index contributed by atoms with van der Waals surface area (Å²) in [4.78, 5) is 15.4. The first-order valence-electron chi connectivity index (χ1n) is 7.59. The molecule has 0 aromatic heterocycles. The summed E-state index contributed by atoms with van der Waals surface area (Å²) in [6.07, 6.45) is 4.96. The van der Waals surface area contributed by atoms with E-state index < -0.39 is 0 Å². The molecule has 1 atom stereocenters. The number of carbonyl (C=O) groups excluding carboxylic acids is 1. The molecule has 0 saturated carbocycles. The topological polar surface area (TPSA) is 74.8 Å². The van der Waals surface area contributed by atoms with Crippen molar-refractivity contribution in [2.45, 2.75) is 38.1 Å². The lowest BCUT2D eigenvalue weighted by atomic mass is 9.97. The van der Waals surface area contributed by atoms with Gasteiger partial charge in [-0.05, 0) is 31.6 Å². The number of hydrogen-bond acceptors (Lipinski definition) is 3. The first-order valence-corrected chi connectivity index (χ1v) is 7.59. The number of piperidine rings is 1. The Morgan fingerprint density at radius 3 is 2.85 bits per heavy atom. The number of rotatable bonds is 4. The van der Waals surface area contributed by atoms with E-state index in [2.05, 4.69) is 20.9 Å². The van der Waals surface area contributed by atoms with E-state index in [0.29, 0.717) is 13.0 Å². The largest absolute Gasteiger partial charge is 0.381 e. The van der Waals surface area contributed by atoms with Crippen LogP contribution in [0.15, 0.2) is 4.99 Å². The van der Waals surface area contributed by atoms with E-state index in [4.69, 9.17) is 4.74 Å². The van der Waals surface area contributed by atoms with Gasteiger partial charge in [0.2, 0.25) is 5.91 Å². The number of nitrogens with zero attached hydrogens (tertiary/aromatic N) is 1. The molecule has 0 aromatic rings. The van der Waals surface area contributed by atoms with Crippen molar-refractivity contribution in [2.24, 2.45) is 10.9 Å². The Balaban J connectivity index is 1.63. The number of nitrogens with one attached hydrogen (secondary N) is 3. The van der Waals surface area contributed by atoms with E-state index in [1.807, 2.05) is 0 Å². The van der Waals surface area contributed by atoms with E-state index in [-0.39, 0.29) is 11.9 Å². The van der Waals surface area contributed by atoms with Gasteiger partial charge in [0, 0.05) is 45.8 Å². The number of guanidine groups is 1. The van der Waals surface area contributed by atoms with Crippen LogP contribution in [-0.2, 0) is 9.53 Å². The second kappa shape index (κ2) is 8.09. The van der Waals surface area contributed by atoms with Gasteiger partial charge >= 0.3 is 0 Å². The molecule has 2 rings (SSSR count). The average Bonchev–Trinajstić information content (AvgIpc) is 2.49. The highest BCUT2D eigenvalue weighted by atomic mass is 16.5. The van der Waals surface area contributed by atoms with Gasteiger partial charge < -0.3 is 20.7 Å². The van der Waals surface area contributed by atoms with Gasteiger partial charge in [0.05, 0.1) is 0 Å². The monoisotopic (exact) mass is 282 g/mol. The normalized spacial score (nSPS) is 25.1. The Labute approximate surface area is 120 Å². The molecule has 2 aliphatic rings. The third-order valence-corrected chi connectivity index (χ3v) is 4.02. The Bertz CT molecular complexity index is 330. The fraction of sp³-hybridized carbons (Fsp3) is 0.857. The van der Waals surface area contributed by atoms with Gasteiger partial charge in [0.1, 0.15) is 0 Å². The van der Waals surface area contributed by atoms with Gasteiger partial charge in [-0.15, -0.1) is 0 Å². The maximum absolute atomic E-state index is 11.1. The van der Waals surface area contributed by atoms with Crippen LogP contribution in [0, 0.1) is 5.92 Å². The smallest absolute Gasteiger partial charge is 0.220 e. The molecular formula is C14H26N4O2. The molecular weight excluding hydrogens is 256 g/mol. The van der Waals surface area contributed by atoms with Crippen LogP contribution in [0.3, 0.4) is 0 Å². The van der Waals surface area contributed by atoms with Crippen LogP contribution in [0.4, 0.5) is 0 Å². The quantitative estimate of drug-likeness (QED) is 0.510. The van der Waals surface area contributed by atoms with E-state index in [9.17, 15) is 4.79 Å². The number of amides is 1. The highest BCUT2D eigenvalue weighted by molar-refractivity contribution is 5.81. The standard InChI is InChI=1S/C14H26N4O2/c1-15-14(18-12-2-3-13(19)17-10-12)16-7-4-11-5-8-20-9-6-11/h11-12H,2-10H2,1H3,(H,17,19)(H2,15,16,18). The molecule has 0 bridgehead atoms. The van der Waals surface area contributed by atoms with E-state index in [0.717, 1.165) is 44.5 Å². The van der Waals surface area contributed by atoms with Gasteiger partial charge in [-0.25, -0.2) is 0 Å². The molecule has 2 heterocycles. The predicted octanol–water partition coefficient (Wildman–Crippen LogP) is 0.247. The van der Waals surface area contributed by atoms with Crippen LogP contribution in [0.1, 0.15) is 32.1 Å². The van der Waals surface area contributed by atoms with Crippen molar-refractivity contribution >= 4 is 11.9 Å². The maximum atomic E-state index is 11.1. The fourth-order valence-electron chi connectivity index (χ4n) is 2.67. The summed E-state index contributed by atoms with van der Waals surface area (Å²) in [6, 6.07) is 0.280. The zero-order valence-electron chi connectivity index (χ0n) is 12.3. The van der Waals surface area contributed by atoms with Crippen LogP contribution in [0.25, 0.3) is 0 Å². The zero-order chi connectivity index (χ0) is 14.2. The summed E-state index contributed by atoms with van der Waals surface area (Å²) >= 11 is 0. The second-order valence-corrected chi connectivity index (χ2v) is 5.53. The summed E-state index contributed by atoms with van der Waals surface area (Å²) in [5, 5.41) is 9.60. The van der Waals surface area contributed by atoms with Gasteiger partial charge in [-0.1, -0.05) is 0 Å². The second-order valence-electron chi connectivity index (χ2n) is 5.53. The van der Waals surface area contributed by atoms with Crippen LogP contribution in [0.5, 0.6) is 0 Å². The first-order chi connectivity index (χ1) is 9.78. The van der Waals surface area contributed by atoms with Crippen LogP contribution >= 0.6 is 0 Å². The van der Waals surface area contributed by atoms with Crippen molar-refractivity contribution in [1.82, 2.24) is 16.0 Å². The Morgan fingerprint density at radius 1 is 1.40 bits per heavy atom. The Kier molecular flexibility index (Phi) is 6.11. The molecule has 2 saturated heterocycles. The molecule has 3 N–H and O–H groups in total. The lowest BCUT2D eigenvalue weighted by Crippen LogP contribution is -2.51. The van der Waals surface area contributed by atoms with Crippen molar-refractivity contribution < 1.29 is 9.53 Å². The van der Waals surface area contributed by atoms with Gasteiger partial charge in [0.25, 0.3) is 0 Å². The van der Waals surface area contributed by atoms with Crippen LogP contribution in [-0.4, -0.2) is 51.3 Å². The van der Waals surface area contributed by atoms with E-state index in [1.54, 1.807) is 7.05 Å². The molecule has 0 aliphatic carbocycles. The average molecular weight is 282 g/mol. The summed E-state index contributed by atoms with van der Waals surface area (Å²) in [5.74, 6) is 1.74. The number of aliphatic imine (C=N–C) groups is 1. The maximum Gasteiger partial charge on any atom is 0.220 e. The van der Waals surface area contributed by atoms with E-state index in [1.165, 1.54) is 12.8 Å². The molecule has 20 heavy (non-hydrogen) atoms. The van der Waals surface area contributed by atoms with Crippen LogP contribution < -0.4 is 16.0 Å². The molecule has 2 fully saturated rings. The van der Waals surface area contributed by atoms with Crippen molar-refractivity contribution in [3.63, 3.8) is 0 Å². The number of ether oxygens (including phenoxy) is 1. The third kappa shape index (κ3) is 5.00. The lowest BCUT2D eigenvalue weighted by Gasteiger charge is -2.26. The molecule has 0 spiro atoms. The van der Waals surface area contributed by atoms with Crippen molar-refractivity contribution in [1.29, 1.82) is 0 Å². The molecule has 6 nitrogen and oxygen atoms in total. The summed E-state index contributed by atoms with van der Waals surface area (Å²) < 4.78 is 5.37. The minimum Gasteiger partial charge on any atom is -0.381 e. The minimum absolute atomic E-state index is 0.144. The molecule has 0 aromatic carbocycles. The minimum atomic E-state index is 0.144. The fourth-order valence-corrected chi connectivity index (χ4v) is 2.67. The third-order valence-electron chi connectivity index (χ3n) is 4.02. The predicted molar refractivity (Wildman–Crippen MR) is 78.7 cm³/mol. The Morgan fingerprint density at radius 2 is 2.20 bits per heavy atom. The van der Waals surface area contributed by atoms with Crippen LogP contribution in [0.2, 0.25) is 0 Å². The highest BCUT2D eigenvalue weighted by Gasteiger charge is 2.19. The highest BCUT2D eigenvalue weighted by Crippen LogP contribution is 2.17. The lowest BCUT2D eigenvalue weighted by molar-refractivity contribution is -0.122.